The van der Waals surface area contributed by atoms with E-state index in [0.29, 0.717) is 5.69 Å². The van der Waals surface area contributed by atoms with Crippen LogP contribution in [-0.4, -0.2) is 51.7 Å². The third kappa shape index (κ3) is 5.52. The summed E-state index contributed by atoms with van der Waals surface area (Å²) in [6, 6.07) is 16.5. The molecule has 0 atom stereocenters. The number of carbonyl (C=O) groups is 1. The van der Waals surface area contributed by atoms with E-state index in [0.717, 1.165) is 49.6 Å². The summed E-state index contributed by atoms with van der Waals surface area (Å²) < 4.78 is 7.50. The van der Waals surface area contributed by atoms with E-state index in [-0.39, 0.29) is 12.6 Å². The average Bonchev–Trinajstić information content (AvgIpc) is 3.22. The SMILES string of the molecule is Cc1ccc(CN2CCN(C(=O)c3ccn(COc4cc(C)cc(C)c4)n3)CC2)cc1. The summed E-state index contributed by atoms with van der Waals surface area (Å²) in [5, 5.41) is 4.43. The molecule has 1 aliphatic heterocycles. The molecule has 1 amide bonds. The molecule has 31 heavy (non-hydrogen) atoms. The molecule has 1 fully saturated rings. The zero-order valence-corrected chi connectivity index (χ0v) is 18.5. The van der Waals surface area contributed by atoms with Gasteiger partial charge in [-0.1, -0.05) is 35.9 Å². The number of carbonyl (C=O) groups excluding carboxylic acids is 1. The molecule has 0 aliphatic carbocycles. The van der Waals surface area contributed by atoms with Gasteiger partial charge in [0, 0.05) is 38.9 Å². The molecule has 1 saturated heterocycles. The van der Waals surface area contributed by atoms with Gasteiger partial charge in [-0.3, -0.25) is 9.69 Å². The van der Waals surface area contributed by atoms with E-state index in [2.05, 4.69) is 47.3 Å². The molecule has 6 nitrogen and oxygen atoms in total. The normalized spacial score (nSPS) is 14.6. The highest BCUT2D eigenvalue weighted by Gasteiger charge is 2.23. The Bertz CT molecular complexity index is 1010. The van der Waals surface area contributed by atoms with Gasteiger partial charge in [-0.25, -0.2) is 4.68 Å². The number of amides is 1. The number of aryl methyl sites for hydroxylation is 3. The first-order chi connectivity index (χ1) is 15.0. The van der Waals surface area contributed by atoms with Crippen molar-refractivity contribution in [1.29, 1.82) is 0 Å². The van der Waals surface area contributed by atoms with Gasteiger partial charge < -0.3 is 9.64 Å². The predicted molar refractivity (Wildman–Crippen MR) is 121 cm³/mol. The van der Waals surface area contributed by atoms with Gasteiger partial charge >= 0.3 is 0 Å². The third-order valence-electron chi connectivity index (χ3n) is 5.60. The standard InChI is InChI=1S/C25H30N4O2/c1-19-4-6-22(7-5-19)17-27-10-12-28(13-11-27)25(30)24-8-9-29(26-24)18-31-23-15-20(2)14-21(3)16-23/h4-9,14-16H,10-13,17-18H2,1-3H3. The van der Waals surface area contributed by atoms with Crippen molar-refractivity contribution in [2.24, 2.45) is 0 Å². The summed E-state index contributed by atoms with van der Waals surface area (Å²) in [7, 11) is 0. The van der Waals surface area contributed by atoms with Gasteiger partial charge in [-0.15, -0.1) is 0 Å². The van der Waals surface area contributed by atoms with Crippen molar-refractivity contribution in [2.75, 3.05) is 26.2 Å². The molecule has 0 spiro atoms. The quantitative estimate of drug-likeness (QED) is 0.611. The number of piperazine rings is 1. The molecule has 0 unspecified atom stereocenters. The lowest BCUT2D eigenvalue weighted by atomic mass is 10.1. The van der Waals surface area contributed by atoms with Gasteiger partial charge in [0.1, 0.15) is 5.75 Å². The highest BCUT2D eigenvalue weighted by atomic mass is 16.5. The van der Waals surface area contributed by atoms with Gasteiger partial charge in [-0.2, -0.15) is 5.10 Å². The van der Waals surface area contributed by atoms with E-state index in [9.17, 15) is 4.79 Å². The third-order valence-corrected chi connectivity index (χ3v) is 5.60. The maximum atomic E-state index is 12.9. The molecule has 0 bridgehead atoms. The summed E-state index contributed by atoms with van der Waals surface area (Å²) in [4.78, 5) is 17.2. The average molecular weight is 419 g/mol. The summed E-state index contributed by atoms with van der Waals surface area (Å²) >= 11 is 0. The minimum Gasteiger partial charge on any atom is -0.471 e. The zero-order chi connectivity index (χ0) is 21.8. The van der Waals surface area contributed by atoms with Crippen LogP contribution in [0.1, 0.15) is 32.7 Å². The van der Waals surface area contributed by atoms with Gasteiger partial charge in [0.25, 0.3) is 5.91 Å². The number of benzene rings is 2. The van der Waals surface area contributed by atoms with Crippen LogP contribution in [0.3, 0.4) is 0 Å². The first kappa shape index (κ1) is 21.1. The molecule has 0 radical (unpaired) electrons. The monoisotopic (exact) mass is 418 g/mol. The van der Waals surface area contributed by atoms with Crippen LogP contribution in [0.2, 0.25) is 0 Å². The molecular weight excluding hydrogens is 388 g/mol. The molecular formula is C25H30N4O2. The maximum absolute atomic E-state index is 12.9. The molecule has 0 N–H and O–H groups in total. The lowest BCUT2D eigenvalue weighted by molar-refractivity contribution is 0.0621. The number of hydrogen-bond acceptors (Lipinski definition) is 4. The Morgan fingerprint density at radius 1 is 0.903 bits per heavy atom. The number of ether oxygens (including phenoxy) is 1. The Balaban J connectivity index is 1.28. The van der Waals surface area contributed by atoms with Gasteiger partial charge in [0.05, 0.1) is 0 Å². The van der Waals surface area contributed by atoms with E-state index < -0.39 is 0 Å². The second kappa shape index (κ2) is 9.35. The van der Waals surface area contributed by atoms with Crippen molar-refractivity contribution in [3.05, 3.63) is 82.7 Å². The smallest absolute Gasteiger partial charge is 0.274 e. The van der Waals surface area contributed by atoms with Crippen LogP contribution in [0.15, 0.2) is 54.7 Å². The van der Waals surface area contributed by atoms with Crippen LogP contribution in [0.4, 0.5) is 0 Å². The number of rotatable bonds is 6. The second-order valence-electron chi connectivity index (χ2n) is 8.39. The highest BCUT2D eigenvalue weighted by Crippen LogP contribution is 2.17. The van der Waals surface area contributed by atoms with Crippen LogP contribution < -0.4 is 4.74 Å². The Labute approximate surface area is 184 Å². The van der Waals surface area contributed by atoms with Gasteiger partial charge in [-0.05, 0) is 55.7 Å². The molecule has 162 valence electrons. The van der Waals surface area contributed by atoms with Crippen LogP contribution in [0.25, 0.3) is 0 Å². The summed E-state index contributed by atoms with van der Waals surface area (Å²) in [5.74, 6) is 0.797. The van der Waals surface area contributed by atoms with E-state index >= 15 is 0 Å². The van der Waals surface area contributed by atoms with E-state index in [1.807, 2.05) is 30.9 Å². The van der Waals surface area contributed by atoms with Crippen molar-refractivity contribution in [1.82, 2.24) is 19.6 Å². The Kier molecular flexibility index (Phi) is 6.37. The second-order valence-corrected chi connectivity index (χ2v) is 8.39. The highest BCUT2D eigenvalue weighted by molar-refractivity contribution is 5.92. The first-order valence-corrected chi connectivity index (χ1v) is 10.8. The fraction of sp³-hybridized carbons (Fsp3) is 0.360. The fourth-order valence-corrected chi connectivity index (χ4v) is 3.93. The topological polar surface area (TPSA) is 50.6 Å². The Hall–Kier alpha value is -3.12. The van der Waals surface area contributed by atoms with Crippen LogP contribution in [-0.2, 0) is 13.3 Å². The summed E-state index contributed by atoms with van der Waals surface area (Å²) in [6.45, 7) is 10.6. The van der Waals surface area contributed by atoms with Crippen LogP contribution in [0.5, 0.6) is 5.75 Å². The van der Waals surface area contributed by atoms with E-state index in [1.54, 1.807) is 16.9 Å². The Morgan fingerprint density at radius 2 is 1.58 bits per heavy atom. The predicted octanol–water partition coefficient (Wildman–Crippen LogP) is 3.80. The zero-order valence-electron chi connectivity index (χ0n) is 18.5. The van der Waals surface area contributed by atoms with Crippen molar-refractivity contribution in [2.45, 2.75) is 34.0 Å². The van der Waals surface area contributed by atoms with Gasteiger partial charge in [0.2, 0.25) is 0 Å². The lowest BCUT2D eigenvalue weighted by Gasteiger charge is -2.34. The van der Waals surface area contributed by atoms with E-state index in [4.69, 9.17) is 4.74 Å². The molecule has 1 aliphatic rings. The van der Waals surface area contributed by atoms with Crippen molar-refractivity contribution < 1.29 is 9.53 Å². The van der Waals surface area contributed by atoms with Crippen molar-refractivity contribution in [3.63, 3.8) is 0 Å². The minimum absolute atomic E-state index is 0.0138. The van der Waals surface area contributed by atoms with Gasteiger partial charge in [0.15, 0.2) is 12.4 Å². The lowest BCUT2D eigenvalue weighted by Crippen LogP contribution is -2.48. The fourth-order valence-electron chi connectivity index (χ4n) is 3.93. The van der Waals surface area contributed by atoms with Crippen molar-refractivity contribution in [3.8, 4) is 5.75 Å². The molecule has 1 aromatic heterocycles. The first-order valence-electron chi connectivity index (χ1n) is 10.8. The van der Waals surface area contributed by atoms with Crippen molar-refractivity contribution >= 4 is 5.91 Å². The number of aromatic nitrogens is 2. The molecule has 4 rings (SSSR count). The summed E-state index contributed by atoms with van der Waals surface area (Å²) in [6.07, 6.45) is 1.80. The van der Waals surface area contributed by atoms with Crippen LogP contribution in [0, 0.1) is 20.8 Å². The maximum Gasteiger partial charge on any atom is 0.274 e. The van der Waals surface area contributed by atoms with E-state index in [1.165, 1.54) is 11.1 Å². The summed E-state index contributed by atoms with van der Waals surface area (Å²) in [5.41, 5.74) is 5.38. The minimum atomic E-state index is -0.0138. The number of hydrogen-bond donors (Lipinski definition) is 0. The molecule has 2 heterocycles. The van der Waals surface area contributed by atoms with Crippen LogP contribution >= 0.6 is 0 Å². The largest absolute Gasteiger partial charge is 0.471 e. The molecule has 0 saturated carbocycles. The number of nitrogens with zero attached hydrogens (tertiary/aromatic N) is 4. The molecule has 6 heteroatoms. The molecule has 2 aromatic carbocycles. The molecule has 3 aromatic rings. The Morgan fingerprint density at radius 3 is 2.26 bits per heavy atom.